The Morgan fingerprint density at radius 2 is 1.68 bits per heavy atom. The van der Waals surface area contributed by atoms with Gasteiger partial charge in [-0.1, -0.05) is 30.3 Å². The Kier molecular flexibility index (Phi) is 6.14. The molecule has 6 nitrogen and oxygen atoms in total. The van der Waals surface area contributed by atoms with Gasteiger partial charge >= 0.3 is 11.8 Å². The highest BCUT2D eigenvalue weighted by atomic mass is 16.5. The Morgan fingerprint density at radius 3 is 2.28 bits per heavy atom. The molecule has 0 heterocycles. The number of carbonyl (C=O) groups is 2. The highest BCUT2D eigenvalue weighted by molar-refractivity contribution is 6.39. The quantitative estimate of drug-likeness (QED) is 0.701. The standard InChI is InChI=1S/C19H22N2O4/c1-3-25-16-11-9-15(10-12-16)21-18(23)17(22)20-13-19(2,24)14-7-5-4-6-8-14/h4-12,24H,3,13H2,1-2H3,(H,20,22)(H,21,23). The smallest absolute Gasteiger partial charge is 0.313 e. The third kappa shape index (κ3) is 5.32. The topological polar surface area (TPSA) is 87.7 Å². The Labute approximate surface area is 146 Å². The summed E-state index contributed by atoms with van der Waals surface area (Å²) >= 11 is 0. The molecule has 1 atom stereocenters. The monoisotopic (exact) mass is 342 g/mol. The van der Waals surface area contributed by atoms with Crippen LogP contribution in [0.4, 0.5) is 5.69 Å². The van der Waals surface area contributed by atoms with E-state index in [0.29, 0.717) is 23.6 Å². The van der Waals surface area contributed by atoms with E-state index in [-0.39, 0.29) is 6.54 Å². The summed E-state index contributed by atoms with van der Waals surface area (Å²) in [5, 5.41) is 15.4. The molecule has 0 bridgehead atoms. The van der Waals surface area contributed by atoms with Crippen LogP contribution in [0.3, 0.4) is 0 Å². The van der Waals surface area contributed by atoms with E-state index in [1.165, 1.54) is 0 Å². The van der Waals surface area contributed by atoms with Gasteiger partial charge in [-0.05, 0) is 43.7 Å². The van der Waals surface area contributed by atoms with Crippen LogP contribution in [0, 0.1) is 0 Å². The van der Waals surface area contributed by atoms with Crippen LogP contribution in [-0.4, -0.2) is 30.1 Å². The maximum atomic E-state index is 11.9. The molecule has 0 fully saturated rings. The lowest BCUT2D eigenvalue weighted by Gasteiger charge is -2.24. The first-order chi connectivity index (χ1) is 11.9. The molecule has 0 aliphatic rings. The third-order valence-electron chi connectivity index (χ3n) is 3.62. The Balaban J connectivity index is 1.89. The zero-order chi connectivity index (χ0) is 18.3. The summed E-state index contributed by atoms with van der Waals surface area (Å²) in [5.41, 5.74) is -0.128. The lowest BCUT2D eigenvalue weighted by atomic mass is 9.96. The van der Waals surface area contributed by atoms with Crippen molar-refractivity contribution in [3.05, 3.63) is 60.2 Å². The zero-order valence-corrected chi connectivity index (χ0v) is 14.3. The van der Waals surface area contributed by atoms with Crippen molar-refractivity contribution in [2.24, 2.45) is 0 Å². The maximum absolute atomic E-state index is 11.9. The molecule has 3 N–H and O–H groups in total. The second-order valence-electron chi connectivity index (χ2n) is 5.73. The van der Waals surface area contributed by atoms with Gasteiger partial charge in [0.05, 0.1) is 13.2 Å². The number of hydrogen-bond acceptors (Lipinski definition) is 4. The molecule has 0 aromatic heterocycles. The molecule has 2 aromatic rings. The van der Waals surface area contributed by atoms with Crippen LogP contribution in [0.25, 0.3) is 0 Å². The highest BCUT2D eigenvalue weighted by Crippen LogP contribution is 2.19. The van der Waals surface area contributed by atoms with Crippen LogP contribution in [-0.2, 0) is 15.2 Å². The molecule has 2 amide bonds. The number of anilines is 1. The Morgan fingerprint density at radius 1 is 1.04 bits per heavy atom. The van der Waals surface area contributed by atoms with Gasteiger partial charge in [0.15, 0.2) is 0 Å². The highest BCUT2D eigenvalue weighted by Gasteiger charge is 2.25. The van der Waals surface area contributed by atoms with Gasteiger partial charge in [0, 0.05) is 5.69 Å². The van der Waals surface area contributed by atoms with Crippen molar-refractivity contribution in [3.63, 3.8) is 0 Å². The molecule has 25 heavy (non-hydrogen) atoms. The summed E-state index contributed by atoms with van der Waals surface area (Å²) < 4.78 is 5.31. The summed E-state index contributed by atoms with van der Waals surface area (Å²) in [7, 11) is 0. The first-order valence-corrected chi connectivity index (χ1v) is 8.02. The number of hydrogen-bond donors (Lipinski definition) is 3. The summed E-state index contributed by atoms with van der Waals surface area (Å²) in [4.78, 5) is 23.9. The first kappa shape index (κ1) is 18.5. The number of rotatable bonds is 6. The molecular formula is C19H22N2O4. The minimum absolute atomic E-state index is 0.0768. The van der Waals surface area contributed by atoms with Crippen LogP contribution in [0.15, 0.2) is 54.6 Å². The maximum Gasteiger partial charge on any atom is 0.313 e. The SMILES string of the molecule is CCOc1ccc(NC(=O)C(=O)NCC(C)(O)c2ccccc2)cc1. The van der Waals surface area contributed by atoms with Crippen LogP contribution in [0.2, 0.25) is 0 Å². The van der Waals surface area contributed by atoms with Gasteiger partial charge in [0.1, 0.15) is 11.4 Å². The number of carbonyl (C=O) groups excluding carboxylic acids is 2. The predicted octanol–water partition coefficient (Wildman–Crippen LogP) is 2.05. The van der Waals surface area contributed by atoms with Crippen LogP contribution in [0.1, 0.15) is 19.4 Å². The largest absolute Gasteiger partial charge is 0.494 e. The number of amides is 2. The molecule has 0 saturated heterocycles. The Hall–Kier alpha value is -2.86. The third-order valence-corrected chi connectivity index (χ3v) is 3.62. The van der Waals surface area contributed by atoms with Crippen molar-refractivity contribution in [1.29, 1.82) is 0 Å². The molecule has 2 rings (SSSR count). The summed E-state index contributed by atoms with van der Waals surface area (Å²) in [5.74, 6) is -0.929. The first-order valence-electron chi connectivity index (χ1n) is 8.02. The van der Waals surface area contributed by atoms with Gasteiger partial charge in [0.25, 0.3) is 0 Å². The second-order valence-corrected chi connectivity index (χ2v) is 5.73. The normalized spacial score (nSPS) is 12.8. The molecule has 6 heteroatoms. The number of nitrogens with one attached hydrogen (secondary N) is 2. The molecule has 0 spiro atoms. The Bertz CT molecular complexity index is 712. The molecular weight excluding hydrogens is 320 g/mol. The second kappa shape index (κ2) is 8.30. The fourth-order valence-electron chi connectivity index (χ4n) is 2.22. The average molecular weight is 342 g/mol. The van der Waals surface area contributed by atoms with E-state index in [9.17, 15) is 14.7 Å². The minimum atomic E-state index is -1.27. The van der Waals surface area contributed by atoms with Gasteiger partial charge < -0.3 is 20.5 Å². The molecule has 1 unspecified atom stereocenters. The van der Waals surface area contributed by atoms with Crippen LogP contribution >= 0.6 is 0 Å². The molecule has 0 radical (unpaired) electrons. The summed E-state index contributed by atoms with van der Waals surface area (Å²) in [6, 6.07) is 15.6. The van der Waals surface area contributed by atoms with Gasteiger partial charge in [-0.2, -0.15) is 0 Å². The lowest BCUT2D eigenvalue weighted by Crippen LogP contribution is -2.43. The van der Waals surface area contributed by atoms with E-state index in [4.69, 9.17) is 4.74 Å². The zero-order valence-electron chi connectivity index (χ0n) is 14.3. The number of benzene rings is 2. The van der Waals surface area contributed by atoms with E-state index in [1.54, 1.807) is 55.5 Å². The fraction of sp³-hybridized carbons (Fsp3) is 0.263. The fourth-order valence-corrected chi connectivity index (χ4v) is 2.22. The van der Waals surface area contributed by atoms with Gasteiger partial charge in [-0.3, -0.25) is 9.59 Å². The van der Waals surface area contributed by atoms with Crippen molar-refractivity contribution in [2.75, 3.05) is 18.5 Å². The van der Waals surface area contributed by atoms with E-state index < -0.39 is 17.4 Å². The number of ether oxygens (including phenoxy) is 1. The van der Waals surface area contributed by atoms with Crippen molar-refractivity contribution < 1.29 is 19.4 Å². The van der Waals surface area contributed by atoms with Crippen molar-refractivity contribution in [1.82, 2.24) is 5.32 Å². The molecule has 2 aromatic carbocycles. The van der Waals surface area contributed by atoms with Crippen LogP contribution in [0.5, 0.6) is 5.75 Å². The van der Waals surface area contributed by atoms with Crippen molar-refractivity contribution in [2.45, 2.75) is 19.4 Å². The average Bonchev–Trinajstić information content (AvgIpc) is 2.62. The minimum Gasteiger partial charge on any atom is -0.494 e. The lowest BCUT2D eigenvalue weighted by molar-refractivity contribution is -0.136. The van der Waals surface area contributed by atoms with Gasteiger partial charge in [-0.15, -0.1) is 0 Å². The van der Waals surface area contributed by atoms with E-state index in [2.05, 4.69) is 10.6 Å². The molecule has 0 saturated carbocycles. The van der Waals surface area contributed by atoms with Crippen molar-refractivity contribution >= 4 is 17.5 Å². The van der Waals surface area contributed by atoms with Crippen LogP contribution < -0.4 is 15.4 Å². The van der Waals surface area contributed by atoms with Gasteiger partial charge in [-0.25, -0.2) is 0 Å². The van der Waals surface area contributed by atoms with E-state index in [1.807, 2.05) is 13.0 Å². The molecule has 0 aliphatic carbocycles. The predicted molar refractivity (Wildman–Crippen MR) is 95.3 cm³/mol. The molecule has 0 aliphatic heterocycles. The summed E-state index contributed by atoms with van der Waals surface area (Å²) in [6.07, 6.45) is 0. The van der Waals surface area contributed by atoms with E-state index in [0.717, 1.165) is 0 Å². The number of aliphatic hydroxyl groups is 1. The molecule has 132 valence electrons. The van der Waals surface area contributed by atoms with Gasteiger partial charge in [0.2, 0.25) is 0 Å². The van der Waals surface area contributed by atoms with Crippen molar-refractivity contribution in [3.8, 4) is 5.75 Å². The summed E-state index contributed by atoms with van der Waals surface area (Å²) in [6.45, 7) is 3.93. The van der Waals surface area contributed by atoms with E-state index >= 15 is 0 Å².